The Bertz CT molecular complexity index is 1920. The van der Waals surface area contributed by atoms with Crippen LogP contribution < -0.4 is 28.5 Å². The lowest BCUT2D eigenvalue weighted by atomic mass is 9.87. The minimum absolute atomic E-state index is 0.0604. The number of ether oxygens (including phenoxy) is 5. The van der Waals surface area contributed by atoms with E-state index in [1.54, 1.807) is 26.4 Å². The van der Waals surface area contributed by atoms with Crippen LogP contribution in [0.25, 0.3) is 0 Å². The van der Waals surface area contributed by atoms with E-state index in [1.165, 1.54) is 16.7 Å². The fourth-order valence-corrected chi connectivity index (χ4v) is 8.09. The van der Waals surface area contributed by atoms with E-state index >= 15 is 0 Å². The van der Waals surface area contributed by atoms with Crippen molar-refractivity contribution in [1.29, 1.82) is 0 Å². The zero-order chi connectivity index (χ0) is 35.2. The Morgan fingerprint density at radius 3 is 2.10 bits per heavy atom. The van der Waals surface area contributed by atoms with Gasteiger partial charge in [0.1, 0.15) is 11.9 Å². The Morgan fingerprint density at radius 2 is 1.37 bits per heavy atom. The van der Waals surface area contributed by atoms with E-state index in [4.69, 9.17) is 28.5 Å². The van der Waals surface area contributed by atoms with Crippen molar-refractivity contribution in [2.24, 2.45) is 0 Å². The van der Waals surface area contributed by atoms with Gasteiger partial charge >= 0.3 is 0 Å². The lowest BCUT2D eigenvalue weighted by molar-refractivity contribution is -0.0412. The summed E-state index contributed by atoms with van der Waals surface area (Å²) in [7, 11) is 9.35. The molecule has 9 nitrogen and oxygen atoms in total. The first-order chi connectivity index (χ1) is 24.8. The molecular formula is C41H46FN3O6. The zero-order valence-electron chi connectivity index (χ0n) is 30.0. The molecular weight excluding hydrogens is 649 g/mol. The molecule has 6 bridgehead atoms. The van der Waals surface area contributed by atoms with Crippen molar-refractivity contribution in [3.05, 3.63) is 94.0 Å². The van der Waals surface area contributed by atoms with Crippen LogP contribution in [0.2, 0.25) is 0 Å². The van der Waals surface area contributed by atoms with Crippen LogP contribution in [-0.4, -0.2) is 82.6 Å². The molecule has 5 heterocycles. The molecule has 1 unspecified atom stereocenters. The predicted molar refractivity (Wildman–Crippen MR) is 193 cm³/mol. The molecule has 1 saturated heterocycles. The molecule has 0 saturated carbocycles. The minimum atomic E-state index is -0.900. The summed E-state index contributed by atoms with van der Waals surface area (Å²) in [6, 6.07) is 20.8. The molecule has 10 heteroatoms. The van der Waals surface area contributed by atoms with E-state index in [-0.39, 0.29) is 18.6 Å². The van der Waals surface area contributed by atoms with Crippen LogP contribution in [0.4, 0.5) is 4.39 Å². The monoisotopic (exact) mass is 695 g/mol. The number of fused-ring (bicyclic) bond motifs is 2. The molecule has 0 amide bonds. The van der Waals surface area contributed by atoms with Crippen molar-refractivity contribution in [2.75, 3.05) is 61.6 Å². The largest absolute Gasteiger partial charge is 0.493 e. The second-order valence-corrected chi connectivity index (χ2v) is 14.1. The van der Waals surface area contributed by atoms with Gasteiger partial charge in [-0.3, -0.25) is 9.80 Å². The minimum Gasteiger partial charge on any atom is -0.493 e. The first-order valence-electron chi connectivity index (χ1n) is 17.9. The number of benzene rings is 4. The lowest BCUT2D eigenvalue weighted by Crippen LogP contribution is -2.34. The number of likely N-dealkylation sites (N-methyl/N-ethyl adjacent to an activating group) is 2. The van der Waals surface area contributed by atoms with Crippen LogP contribution in [-0.2, 0) is 25.7 Å². The molecule has 9 rings (SSSR count). The highest BCUT2D eigenvalue weighted by Gasteiger charge is 2.35. The van der Waals surface area contributed by atoms with E-state index in [0.29, 0.717) is 65.4 Å². The van der Waals surface area contributed by atoms with E-state index in [0.717, 1.165) is 49.0 Å². The summed E-state index contributed by atoms with van der Waals surface area (Å²) in [6.07, 6.45) is 2.77. The summed E-state index contributed by atoms with van der Waals surface area (Å²) in [5.74, 6) is 4.98. The Balaban J connectivity index is 1.31. The third kappa shape index (κ3) is 6.45. The van der Waals surface area contributed by atoms with E-state index < -0.39 is 6.17 Å². The predicted octanol–water partition coefficient (Wildman–Crippen LogP) is 7.49. The fourth-order valence-electron chi connectivity index (χ4n) is 8.09. The highest BCUT2D eigenvalue weighted by atomic mass is 19.1. The number of alkyl halides is 1. The lowest BCUT2D eigenvalue weighted by Gasteiger charge is -2.37. The summed E-state index contributed by atoms with van der Waals surface area (Å²) in [5, 5.41) is 1.68. The number of methoxy groups -OCH3 is 3. The Labute approximate surface area is 299 Å². The van der Waals surface area contributed by atoms with E-state index in [2.05, 4.69) is 60.3 Å². The van der Waals surface area contributed by atoms with Gasteiger partial charge in [0.05, 0.1) is 27.9 Å². The third-order valence-electron chi connectivity index (χ3n) is 10.9. The van der Waals surface area contributed by atoms with Gasteiger partial charge in [-0.25, -0.2) is 4.39 Å². The molecule has 268 valence electrons. The summed E-state index contributed by atoms with van der Waals surface area (Å²) in [5.41, 5.74) is 6.94. The zero-order valence-corrected chi connectivity index (χ0v) is 30.0. The number of halogens is 1. The summed E-state index contributed by atoms with van der Waals surface area (Å²) in [4.78, 5) is 11.0. The summed E-state index contributed by atoms with van der Waals surface area (Å²) >= 11 is 0. The maximum Gasteiger partial charge on any atom is 0.204 e. The van der Waals surface area contributed by atoms with Crippen molar-refractivity contribution in [1.82, 2.24) is 14.9 Å². The number of hydroxylamine groups is 2. The van der Waals surface area contributed by atoms with Gasteiger partial charge in [-0.1, -0.05) is 18.2 Å². The second kappa shape index (κ2) is 13.9. The first-order valence-corrected chi connectivity index (χ1v) is 17.9. The van der Waals surface area contributed by atoms with Crippen LogP contribution in [0.1, 0.15) is 51.9 Å². The van der Waals surface area contributed by atoms with Crippen molar-refractivity contribution >= 4 is 0 Å². The van der Waals surface area contributed by atoms with Gasteiger partial charge < -0.3 is 28.5 Å². The van der Waals surface area contributed by atoms with Crippen LogP contribution in [0.3, 0.4) is 0 Å². The Hall–Kier alpha value is -4.51. The fraction of sp³-hybridized carbons (Fsp3) is 0.415. The third-order valence-corrected chi connectivity index (χ3v) is 10.9. The molecule has 0 radical (unpaired) electrons. The van der Waals surface area contributed by atoms with Crippen molar-refractivity contribution in [3.63, 3.8) is 0 Å². The standard InChI is InChI=1S/C41H46FN3O6/c1-43-15-12-27-21-35(46-3)37-23-31(27)32(43)18-25-6-9-30(10-7-25)49-36-20-26(8-11-34(36)51-45-17-14-29(42)24-45)19-33-39-28(13-16-44(33)2)22-38(47-4)40(48-5)41(39)50-37/h6-11,20-23,29,32-33H,12-19,24H2,1-5H3/t29?,32-,33+/m0/s1. The van der Waals surface area contributed by atoms with Crippen molar-refractivity contribution in [3.8, 4) is 46.0 Å². The van der Waals surface area contributed by atoms with Crippen LogP contribution in [0.5, 0.6) is 46.0 Å². The Kier molecular flexibility index (Phi) is 9.16. The molecule has 1 fully saturated rings. The molecule has 51 heavy (non-hydrogen) atoms. The van der Waals surface area contributed by atoms with Gasteiger partial charge in [0.15, 0.2) is 34.5 Å². The topological polar surface area (TPSA) is 65.1 Å². The highest BCUT2D eigenvalue weighted by molar-refractivity contribution is 5.64. The number of hydrogen-bond donors (Lipinski definition) is 0. The van der Waals surface area contributed by atoms with Gasteiger partial charge in [-0.2, -0.15) is 0 Å². The summed E-state index contributed by atoms with van der Waals surface area (Å²) < 4.78 is 45.7. The van der Waals surface area contributed by atoms with E-state index in [9.17, 15) is 4.39 Å². The Morgan fingerprint density at radius 1 is 0.686 bits per heavy atom. The normalized spacial score (nSPS) is 21.9. The van der Waals surface area contributed by atoms with Crippen molar-refractivity contribution < 1.29 is 32.9 Å². The SMILES string of the molecule is COc1cc2c3cc1Oc1c(OC)c(OC)cc4c1[C@@H](Cc1ccc(ON5CCC(F)C5)c(c1)Oc1ccc(cc1)C[C@@H]3N(C)CC2)N(C)CC4. The van der Waals surface area contributed by atoms with Gasteiger partial charge in [0.25, 0.3) is 0 Å². The van der Waals surface area contributed by atoms with Crippen LogP contribution in [0, 0.1) is 0 Å². The summed E-state index contributed by atoms with van der Waals surface area (Å²) in [6.45, 7) is 2.56. The second-order valence-electron chi connectivity index (χ2n) is 14.1. The number of nitrogens with zero attached hydrogens (tertiary/aromatic N) is 3. The average molecular weight is 696 g/mol. The van der Waals surface area contributed by atoms with Gasteiger partial charge in [-0.15, -0.1) is 5.06 Å². The van der Waals surface area contributed by atoms with Crippen LogP contribution >= 0.6 is 0 Å². The number of rotatable bonds is 5. The maximum absolute atomic E-state index is 14.1. The molecule has 0 aromatic heterocycles. The first kappa shape index (κ1) is 33.6. The van der Waals surface area contributed by atoms with Gasteiger partial charge in [0.2, 0.25) is 5.75 Å². The van der Waals surface area contributed by atoms with Gasteiger partial charge in [-0.05, 0) is 116 Å². The molecule has 4 aromatic rings. The average Bonchev–Trinajstić information content (AvgIpc) is 3.55. The molecule has 5 aliphatic heterocycles. The molecule has 4 aromatic carbocycles. The van der Waals surface area contributed by atoms with Gasteiger partial charge in [0, 0.05) is 37.3 Å². The maximum atomic E-state index is 14.1. The number of hydrogen-bond acceptors (Lipinski definition) is 9. The molecule has 0 spiro atoms. The quantitative estimate of drug-likeness (QED) is 0.211. The highest BCUT2D eigenvalue weighted by Crippen LogP contribution is 2.52. The molecule has 0 aliphatic carbocycles. The van der Waals surface area contributed by atoms with E-state index in [1.807, 2.05) is 24.3 Å². The molecule has 5 aliphatic rings. The van der Waals surface area contributed by atoms with Crippen molar-refractivity contribution in [2.45, 2.75) is 50.4 Å². The molecule has 0 N–H and O–H groups in total. The smallest absolute Gasteiger partial charge is 0.204 e. The molecule has 3 atom stereocenters. The van der Waals surface area contributed by atoms with Crippen LogP contribution in [0.15, 0.2) is 60.7 Å².